The summed E-state index contributed by atoms with van der Waals surface area (Å²) in [5, 5.41) is 9.54. The van der Waals surface area contributed by atoms with Crippen molar-refractivity contribution in [2.24, 2.45) is 0 Å². The molecule has 0 atom stereocenters. The van der Waals surface area contributed by atoms with Crippen LogP contribution in [0.25, 0.3) is 10.9 Å². The van der Waals surface area contributed by atoms with E-state index in [0.717, 1.165) is 0 Å². The maximum absolute atomic E-state index is 13.8. The minimum atomic E-state index is -1.29. The van der Waals surface area contributed by atoms with E-state index in [-0.39, 0.29) is 21.5 Å². The Kier molecular flexibility index (Phi) is 2.62. The van der Waals surface area contributed by atoms with Gasteiger partial charge in [-0.25, -0.2) is 9.18 Å². The number of carboxylic acids is 1. The molecule has 1 aromatic heterocycles. The topological polar surface area (TPSA) is 59.3 Å². The molecule has 7 heteroatoms. The highest BCUT2D eigenvalue weighted by atomic mass is 35.5. The number of benzene rings is 1. The van der Waals surface area contributed by atoms with E-state index in [4.69, 9.17) is 16.7 Å². The molecule has 1 aliphatic heterocycles. The van der Waals surface area contributed by atoms with Gasteiger partial charge in [0, 0.05) is 0 Å². The molecule has 2 aromatic rings. The second-order valence-electron chi connectivity index (χ2n) is 4.21. The van der Waals surface area contributed by atoms with Crippen LogP contribution in [0.15, 0.2) is 15.9 Å². The van der Waals surface area contributed by atoms with Gasteiger partial charge in [0.2, 0.25) is 5.43 Å². The van der Waals surface area contributed by atoms with Gasteiger partial charge in [-0.1, -0.05) is 23.4 Å². The number of hydrogen-bond donors (Lipinski definition) is 1. The van der Waals surface area contributed by atoms with E-state index in [1.165, 1.54) is 24.8 Å². The lowest BCUT2D eigenvalue weighted by Gasteiger charge is -2.26. The number of aryl methyl sites for hydroxylation is 1. The summed E-state index contributed by atoms with van der Waals surface area (Å²) in [5.74, 6) is -1.46. The SMILES string of the molecule is Cc1c(F)c(Cl)cc2c1c(=O)c(C(=O)O)c1n2CS1. The zero-order chi connectivity index (χ0) is 13.9. The fourth-order valence-corrected chi connectivity index (χ4v) is 3.42. The van der Waals surface area contributed by atoms with E-state index in [9.17, 15) is 14.0 Å². The second kappa shape index (κ2) is 3.98. The molecule has 0 aliphatic carbocycles. The smallest absolute Gasteiger partial charge is 0.342 e. The van der Waals surface area contributed by atoms with Crippen LogP contribution in [0.5, 0.6) is 0 Å². The predicted octanol–water partition coefficient (Wildman–Crippen LogP) is 2.86. The van der Waals surface area contributed by atoms with Gasteiger partial charge in [-0.15, -0.1) is 0 Å². The molecular formula is C12H7ClFNO3S. The van der Waals surface area contributed by atoms with Gasteiger partial charge in [0.1, 0.15) is 11.4 Å². The number of rotatable bonds is 1. The first-order valence-electron chi connectivity index (χ1n) is 5.34. The van der Waals surface area contributed by atoms with Gasteiger partial charge in [-0.05, 0) is 18.6 Å². The summed E-state index contributed by atoms with van der Waals surface area (Å²) in [6, 6.07) is 1.37. The number of carbonyl (C=O) groups is 1. The Balaban J connectivity index is 2.60. The number of halogens is 2. The molecule has 3 rings (SSSR count). The Morgan fingerprint density at radius 2 is 2.26 bits per heavy atom. The molecule has 2 heterocycles. The first-order chi connectivity index (χ1) is 8.93. The number of carboxylic acid groups (broad SMARTS) is 1. The maximum Gasteiger partial charge on any atom is 0.342 e. The number of aromatic nitrogens is 1. The Labute approximate surface area is 115 Å². The average molecular weight is 300 g/mol. The molecule has 0 amide bonds. The van der Waals surface area contributed by atoms with Crippen molar-refractivity contribution < 1.29 is 14.3 Å². The summed E-state index contributed by atoms with van der Waals surface area (Å²) in [7, 11) is 0. The summed E-state index contributed by atoms with van der Waals surface area (Å²) in [6.07, 6.45) is 0. The van der Waals surface area contributed by atoms with E-state index >= 15 is 0 Å². The van der Waals surface area contributed by atoms with Crippen LogP contribution in [0.1, 0.15) is 15.9 Å². The van der Waals surface area contributed by atoms with Crippen molar-refractivity contribution in [3.8, 4) is 0 Å². The third kappa shape index (κ3) is 1.53. The Hall–Kier alpha value is -1.53. The lowest BCUT2D eigenvalue weighted by Crippen LogP contribution is -2.26. The first kappa shape index (κ1) is 12.5. The fraction of sp³-hybridized carbons (Fsp3) is 0.167. The molecule has 1 N–H and O–H groups in total. The number of pyridine rings is 1. The Morgan fingerprint density at radius 1 is 1.58 bits per heavy atom. The van der Waals surface area contributed by atoms with Crippen LogP contribution >= 0.6 is 23.4 Å². The van der Waals surface area contributed by atoms with Crippen LogP contribution in [0.3, 0.4) is 0 Å². The highest BCUT2D eigenvalue weighted by Crippen LogP contribution is 2.38. The first-order valence-corrected chi connectivity index (χ1v) is 6.71. The normalized spacial score (nSPS) is 13.2. The molecule has 0 bridgehead atoms. The Bertz CT molecular complexity index is 815. The number of aromatic carboxylic acids is 1. The molecule has 0 saturated carbocycles. The molecule has 4 nitrogen and oxygen atoms in total. The van der Waals surface area contributed by atoms with E-state index < -0.39 is 17.2 Å². The quantitative estimate of drug-likeness (QED) is 0.879. The van der Waals surface area contributed by atoms with E-state index in [1.54, 1.807) is 4.57 Å². The largest absolute Gasteiger partial charge is 0.477 e. The van der Waals surface area contributed by atoms with Crippen LogP contribution in [0.4, 0.5) is 4.39 Å². The van der Waals surface area contributed by atoms with Gasteiger partial charge in [0.25, 0.3) is 0 Å². The van der Waals surface area contributed by atoms with Crippen molar-refractivity contribution in [1.82, 2.24) is 4.57 Å². The second-order valence-corrected chi connectivity index (χ2v) is 5.55. The van der Waals surface area contributed by atoms with Crippen LogP contribution in [-0.2, 0) is 5.88 Å². The molecule has 98 valence electrons. The van der Waals surface area contributed by atoms with E-state index in [0.29, 0.717) is 16.4 Å². The number of thioether (sulfide) groups is 1. The lowest BCUT2D eigenvalue weighted by atomic mass is 10.1. The fourth-order valence-electron chi connectivity index (χ4n) is 2.23. The van der Waals surface area contributed by atoms with Crippen molar-refractivity contribution in [2.45, 2.75) is 17.8 Å². The molecule has 1 aliphatic rings. The monoisotopic (exact) mass is 299 g/mol. The van der Waals surface area contributed by atoms with Crippen LogP contribution < -0.4 is 5.43 Å². The molecule has 0 spiro atoms. The molecule has 0 fully saturated rings. The molecular weight excluding hydrogens is 293 g/mol. The summed E-state index contributed by atoms with van der Waals surface area (Å²) < 4.78 is 15.5. The zero-order valence-corrected chi connectivity index (χ0v) is 11.2. The highest BCUT2D eigenvalue weighted by Gasteiger charge is 2.29. The number of nitrogens with zero attached hydrogens (tertiary/aromatic N) is 1. The minimum Gasteiger partial charge on any atom is -0.477 e. The van der Waals surface area contributed by atoms with Gasteiger partial charge in [-0.3, -0.25) is 4.79 Å². The summed E-state index contributed by atoms with van der Waals surface area (Å²) in [4.78, 5) is 23.4. The van der Waals surface area contributed by atoms with Gasteiger partial charge in [0.15, 0.2) is 0 Å². The molecule has 0 unspecified atom stereocenters. The third-order valence-electron chi connectivity index (χ3n) is 3.18. The maximum atomic E-state index is 13.8. The van der Waals surface area contributed by atoms with Gasteiger partial charge < -0.3 is 9.67 Å². The third-order valence-corrected chi connectivity index (χ3v) is 4.54. The average Bonchev–Trinajstić information content (AvgIpc) is 2.29. The van der Waals surface area contributed by atoms with Crippen LogP contribution in [0.2, 0.25) is 5.02 Å². The summed E-state index contributed by atoms with van der Waals surface area (Å²) in [6.45, 7) is 1.43. The van der Waals surface area contributed by atoms with E-state index in [1.807, 2.05) is 0 Å². The van der Waals surface area contributed by atoms with Crippen molar-refractivity contribution in [3.63, 3.8) is 0 Å². The van der Waals surface area contributed by atoms with Crippen molar-refractivity contribution in [2.75, 3.05) is 0 Å². The summed E-state index contributed by atoms with van der Waals surface area (Å²) in [5.41, 5.74) is -0.391. The summed E-state index contributed by atoms with van der Waals surface area (Å²) >= 11 is 7.06. The van der Waals surface area contributed by atoms with Crippen molar-refractivity contribution in [1.29, 1.82) is 0 Å². The highest BCUT2D eigenvalue weighted by molar-refractivity contribution is 7.99. The number of hydrogen-bond acceptors (Lipinski definition) is 3. The molecule has 0 radical (unpaired) electrons. The van der Waals surface area contributed by atoms with Crippen LogP contribution in [0, 0.1) is 12.7 Å². The van der Waals surface area contributed by atoms with Gasteiger partial charge in [0.05, 0.1) is 26.8 Å². The van der Waals surface area contributed by atoms with Gasteiger partial charge >= 0.3 is 5.97 Å². The molecule has 1 aromatic carbocycles. The number of fused-ring (bicyclic) bond motifs is 3. The van der Waals surface area contributed by atoms with Crippen LogP contribution in [-0.4, -0.2) is 15.6 Å². The van der Waals surface area contributed by atoms with Crippen molar-refractivity contribution >= 4 is 40.2 Å². The predicted molar refractivity (Wildman–Crippen MR) is 70.7 cm³/mol. The minimum absolute atomic E-state index is 0.0703. The van der Waals surface area contributed by atoms with E-state index in [2.05, 4.69) is 0 Å². The zero-order valence-electron chi connectivity index (χ0n) is 9.66. The molecule has 0 saturated heterocycles. The standard InChI is InChI=1S/C12H7ClFNO3S/c1-4-7-6(2-5(13)9(4)14)15-3-19-11(15)8(10(7)16)12(17)18/h2H,3H2,1H3,(H,17,18). The Morgan fingerprint density at radius 3 is 2.79 bits per heavy atom. The van der Waals surface area contributed by atoms with Crippen molar-refractivity contribution in [3.05, 3.63) is 38.3 Å². The van der Waals surface area contributed by atoms with Gasteiger partial charge in [-0.2, -0.15) is 0 Å². The molecule has 19 heavy (non-hydrogen) atoms. The lowest BCUT2D eigenvalue weighted by molar-refractivity contribution is 0.0689.